The van der Waals surface area contributed by atoms with Gasteiger partial charge in [0.1, 0.15) is 11.6 Å². The van der Waals surface area contributed by atoms with E-state index in [9.17, 15) is 18.4 Å². The molecule has 20 heavy (non-hydrogen) atoms. The Labute approximate surface area is 121 Å². The zero-order chi connectivity index (χ0) is 14.4. The number of benzene rings is 1. The van der Waals surface area contributed by atoms with Gasteiger partial charge in [-0.05, 0) is 24.1 Å². The van der Waals surface area contributed by atoms with Crippen molar-refractivity contribution in [2.75, 3.05) is 6.54 Å². The molecule has 0 aromatic heterocycles. The van der Waals surface area contributed by atoms with Crippen LogP contribution >= 0.6 is 12.4 Å². The van der Waals surface area contributed by atoms with Gasteiger partial charge in [-0.1, -0.05) is 0 Å². The first kappa shape index (κ1) is 18.3. The van der Waals surface area contributed by atoms with Crippen molar-refractivity contribution in [1.82, 2.24) is 5.32 Å². The number of hydrogen-bond acceptors (Lipinski definition) is 3. The van der Waals surface area contributed by atoms with Crippen LogP contribution < -0.4 is 16.8 Å². The van der Waals surface area contributed by atoms with Gasteiger partial charge in [-0.15, -0.1) is 12.4 Å². The molecule has 0 aliphatic carbocycles. The molecule has 2 amide bonds. The number of rotatable bonds is 6. The molecule has 0 radical (unpaired) electrons. The molecule has 0 aliphatic heterocycles. The van der Waals surface area contributed by atoms with E-state index in [0.717, 1.165) is 6.07 Å². The summed E-state index contributed by atoms with van der Waals surface area (Å²) in [6.07, 6.45) is 0.00411. The molecule has 0 saturated carbocycles. The number of nitrogens with two attached hydrogens (primary N) is 2. The first-order chi connectivity index (χ1) is 8.88. The Balaban J connectivity index is 0.00000361. The van der Waals surface area contributed by atoms with Crippen molar-refractivity contribution in [1.29, 1.82) is 0 Å². The number of carbonyl (C=O) groups excluding carboxylic acids is 2. The number of halogens is 3. The predicted octanol–water partition coefficient (Wildman–Crippen LogP) is 0.248. The third kappa shape index (κ3) is 6.44. The van der Waals surface area contributed by atoms with Crippen molar-refractivity contribution in [2.24, 2.45) is 11.5 Å². The van der Waals surface area contributed by atoms with Gasteiger partial charge < -0.3 is 16.8 Å². The van der Waals surface area contributed by atoms with E-state index < -0.39 is 29.5 Å². The van der Waals surface area contributed by atoms with E-state index in [4.69, 9.17) is 11.5 Å². The fraction of sp³-hybridized carbons (Fsp3) is 0.333. The van der Waals surface area contributed by atoms with Crippen LogP contribution in [0.3, 0.4) is 0 Å². The first-order valence-corrected chi connectivity index (χ1v) is 5.65. The van der Waals surface area contributed by atoms with E-state index in [1.165, 1.54) is 12.1 Å². The quantitative estimate of drug-likeness (QED) is 0.702. The third-order valence-electron chi connectivity index (χ3n) is 2.39. The minimum absolute atomic E-state index is 0. The largest absolute Gasteiger partial charge is 0.370 e. The number of primary amides is 1. The summed E-state index contributed by atoms with van der Waals surface area (Å²) in [5.74, 6) is -2.55. The van der Waals surface area contributed by atoms with Gasteiger partial charge in [0.05, 0.1) is 12.5 Å². The van der Waals surface area contributed by atoms with Crippen molar-refractivity contribution in [3.05, 3.63) is 35.4 Å². The number of carbonyl (C=O) groups is 2. The Bertz CT molecular complexity index is 466. The molecule has 1 rings (SSSR count). The predicted molar refractivity (Wildman–Crippen MR) is 72.1 cm³/mol. The summed E-state index contributed by atoms with van der Waals surface area (Å²) in [5, 5.41) is 2.46. The van der Waals surface area contributed by atoms with Crippen molar-refractivity contribution in [3.8, 4) is 0 Å². The van der Waals surface area contributed by atoms with Gasteiger partial charge in [-0.2, -0.15) is 0 Å². The maximum absolute atomic E-state index is 12.9. The van der Waals surface area contributed by atoms with E-state index in [-0.39, 0.29) is 31.8 Å². The molecular formula is C12H16ClF2N3O2. The SMILES string of the molecule is Cl.NC(=O)CC(N)C(=O)NCCc1cc(F)cc(F)c1. The number of hydrogen-bond donors (Lipinski definition) is 3. The summed E-state index contributed by atoms with van der Waals surface area (Å²) in [6, 6.07) is 2.11. The Morgan fingerprint density at radius 1 is 1.20 bits per heavy atom. The summed E-state index contributed by atoms with van der Waals surface area (Å²) < 4.78 is 25.8. The Hall–Kier alpha value is -1.73. The van der Waals surface area contributed by atoms with Gasteiger partial charge in [-0.25, -0.2) is 8.78 Å². The molecule has 0 aliphatic rings. The van der Waals surface area contributed by atoms with Crippen LogP contribution in [0.25, 0.3) is 0 Å². The van der Waals surface area contributed by atoms with Gasteiger partial charge in [0.2, 0.25) is 11.8 Å². The summed E-state index contributed by atoms with van der Waals surface area (Å²) in [5.41, 5.74) is 10.7. The lowest BCUT2D eigenvalue weighted by Gasteiger charge is -2.10. The third-order valence-corrected chi connectivity index (χ3v) is 2.39. The van der Waals surface area contributed by atoms with Crippen LogP contribution in [0.1, 0.15) is 12.0 Å². The zero-order valence-electron chi connectivity index (χ0n) is 10.6. The fourth-order valence-corrected chi connectivity index (χ4v) is 1.53. The molecule has 0 spiro atoms. The van der Waals surface area contributed by atoms with E-state index in [1.807, 2.05) is 0 Å². The smallest absolute Gasteiger partial charge is 0.237 e. The normalized spacial score (nSPS) is 11.3. The van der Waals surface area contributed by atoms with Gasteiger partial charge in [0.25, 0.3) is 0 Å². The van der Waals surface area contributed by atoms with E-state index >= 15 is 0 Å². The molecule has 5 N–H and O–H groups in total. The van der Waals surface area contributed by atoms with Gasteiger partial charge in [-0.3, -0.25) is 9.59 Å². The first-order valence-electron chi connectivity index (χ1n) is 5.65. The van der Waals surface area contributed by atoms with Crippen LogP contribution in [0.4, 0.5) is 8.78 Å². The minimum Gasteiger partial charge on any atom is -0.370 e. The molecule has 1 atom stereocenters. The Kier molecular flexibility index (Phi) is 7.71. The molecule has 1 aromatic carbocycles. The second-order valence-corrected chi connectivity index (χ2v) is 4.10. The van der Waals surface area contributed by atoms with Crippen molar-refractivity contribution in [3.63, 3.8) is 0 Å². The lowest BCUT2D eigenvalue weighted by Crippen LogP contribution is -2.43. The topological polar surface area (TPSA) is 98.2 Å². The molecule has 0 saturated heterocycles. The van der Waals surface area contributed by atoms with E-state index in [0.29, 0.717) is 5.56 Å². The Morgan fingerprint density at radius 3 is 2.25 bits per heavy atom. The van der Waals surface area contributed by atoms with Crippen molar-refractivity contribution >= 4 is 24.2 Å². The van der Waals surface area contributed by atoms with Gasteiger partial charge in [0, 0.05) is 12.6 Å². The van der Waals surface area contributed by atoms with Crippen LogP contribution in [0, 0.1) is 11.6 Å². The standard InChI is InChI=1S/C12H15F2N3O2.ClH/c13-8-3-7(4-9(14)5-8)1-2-17-12(19)10(15)6-11(16)18;/h3-5,10H,1-2,6,15H2,(H2,16,18)(H,17,19);1H. The van der Waals surface area contributed by atoms with Gasteiger partial charge in [0.15, 0.2) is 0 Å². The second-order valence-electron chi connectivity index (χ2n) is 4.10. The zero-order valence-corrected chi connectivity index (χ0v) is 11.4. The number of nitrogens with one attached hydrogen (secondary N) is 1. The maximum atomic E-state index is 12.9. The molecule has 0 heterocycles. The molecule has 0 fully saturated rings. The average molecular weight is 308 g/mol. The lowest BCUT2D eigenvalue weighted by molar-refractivity contribution is -0.126. The van der Waals surface area contributed by atoms with E-state index in [2.05, 4.69) is 5.32 Å². The molecule has 112 valence electrons. The van der Waals surface area contributed by atoms with E-state index in [1.54, 1.807) is 0 Å². The molecule has 1 unspecified atom stereocenters. The molecule has 8 heteroatoms. The highest BCUT2D eigenvalue weighted by atomic mass is 35.5. The van der Waals surface area contributed by atoms with Crippen molar-refractivity contribution in [2.45, 2.75) is 18.9 Å². The fourth-order valence-electron chi connectivity index (χ4n) is 1.53. The summed E-state index contributed by atoms with van der Waals surface area (Å²) in [6.45, 7) is 0.161. The molecule has 5 nitrogen and oxygen atoms in total. The average Bonchev–Trinajstić information content (AvgIpc) is 2.26. The van der Waals surface area contributed by atoms with Gasteiger partial charge >= 0.3 is 0 Å². The lowest BCUT2D eigenvalue weighted by atomic mass is 10.1. The Morgan fingerprint density at radius 2 is 1.75 bits per heavy atom. The maximum Gasteiger partial charge on any atom is 0.237 e. The van der Waals surface area contributed by atoms with Crippen LogP contribution in [-0.4, -0.2) is 24.4 Å². The van der Waals surface area contributed by atoms with Crippen LogP contribution in [-0.2, 0) is 16.0 Å². The summed E-state index contributed by atoms with van der Waals surface area (Å²) in [4.78, 5) is 22.0. The molecule has 0 bridgehead atoms. The minimum atomic E-state index is -1.01. The molecular weight excluding hydrogens is 292 g/mol. The summed E-state index contributed by atoms with van der Waals surface area (Å²) >= 11 is 0. The second kappa shape index (κ2) is 8.44. The molecule has 1 aromatic rings. The highest BCUT2D eigenvalue weighted by Gasteiger charge is 2.15. The van der Waals surface area contributed by atoms with Crippen LogP contribution in [0.2, 0.25) is 0 Å². The monoisotopic (exact) mass is 307 g/mol. The van der Waals surface area contributed by atoms with Crippen LogP contribution in [0.5, 0.6) is 0 Å². The number of amides is 2. The van der Waals surface area contributed by atoms with Crippen LogP contribution in [0.15, 0.2) is 18.2 Å². The summed E-state index contributed by atoms with van der Waals surface area (Å²) in [7, 11) is 0. The highest BCUT2D eigenvalue weighted by molar-refractivity contribution is 5.87. The van der Waals surface area contributed by atoms with Crippen molar-refractivity contribution < 1.29 is 18.4 Å². The highest BCUT2D eigenvalue weighted by Crippen LogP contribution is 2.08.